The van der Waals surface area contributed by atoms with Crippen LogP contribution in [0.2, 0.25) is 0 Å². The Balaban J connectivity index is 0.00000225. The summed E-state index contributed by atoms with van der Waals surface area (Å²) in [7, 11) is -1.33. The summed E-state index contributed by atoms with van der Waals surface area (Å²) in [4.78, 5) is 0. The molecule has 98 valence electrons. The molecule has 0 heterocycles. The van der Waals surface area contributed by atoms with Crippen LogP contribution in [0.5, 0.6) is 0 Å². The van der Waals surface area contributed by atoms with Crippen molar-refractivity contribution in [3.8, 4) is 0 Å². The second kappa shape index (κ2) is 6.79. The molecule has 1 aliphatic carbocycles. The highest BCUT2D eigenvalue weighted by molar-refractivity contribution is 7.89. The van der Waals surface area contributed by atoms with Crippen molar-refractivity contribution in [3.63, 3.8) is 0 Å². The third-order valence-electron chi connectivity index (χ3n) is 3.16. The first kappa shape index (κ1) is 16.2. The Kier molecular flexibility index (Phi) is 6.86. The SMILES string of the molecule is CCCS(=O)(=O)N(C)C1CCC(N)CC1.Cl. The van der Waals surface area contributed by atoms with Crippen LogP contribution in [0.15, 0.2) is 0 Å². The molecule has 4 nitrogen and oxygen atoms in total. The molecule has 0 bridgehead atoms. The van der Waals surface area contributed by atoms with Crippen LogP contribution in [0.4, 0.5) is 0 Å². The van der Waals surface area contributed by atoms with Crippen LogP contribution in [-0.4, -0.2) is 37.6 Å². The Morgan fingerprint density at radius 1 is 1.25 bits per heavy atom. The lowest BCUT2D eigenvalue weighted by Gasteiger charge is -2.32. The molecule has 0 aromatic carbocycles. The molecule has 0 unspecified atom stereocenters. The zero-order chi connectivity index (χ0) is 11.5. The van der Waals surface area contributed by atoms with E-state index < -0.39 is 10.0 Å². The lowest BCUT2D eigenvalue weighted by atomic mass is 9.92. The quantitative estimate of drug-likeness (QED) is 0.839. The molecule has 16 heavy (non-hydrogen) atoms. The van der Waals surface area contributed by atoms with Gasteiger partial charge in [0.2, 0.25) is 10.0 Å². The highest BCUT2D eigenvalue weighted by Gasteiger charge is 2.28. The summed E-state index contributed by atoms with van der Waals surface area (Å²) in [5.74, 6) is 0.256. The minimum absolute atomic E-state index is 0. The lowest BCUT2D eigenvalue weighted by molar-refractivity contribution is 0.268. The Hall–Kier alpha value is 0.160. The van der Waals surface area contributed by atoms with E-state index in [0.29, 0.717) is 6.42 Å². The highest BCUT2D eigenvalue weighted by atomic mass is 35.5. The van der Waals surface area contributed by atoms with Gasteiger partial charge in [0.15, 0.2) is 0 Å². The Labute approximate surface area is 105 Å². The average molecular weight is 271 g/mol. The van der Waals surface area contributed by atoms with Gasteiger partial charge in [0.05, 0.1) is 5.75 Å². The van der Waals surface area contributed by atoms with Crippen molar-refractivity contribution < 1.29 is 8.42 Å². The molecular formula is C10H23ClN2O2S. The van der Waals surface area contributed by atoms with Crippen molar-refractivity contribution in [3.05, 3.63) is 0 Å². The van der Waals surface area contributed by atoms with Gasteiger partial charge in [-0.15, -0.1) is 12.4 Å². The maximum atomic E-state index is 11.8. The summed E-state index contributed by atoms with van der Waals surface area (Å²) < 4.78 is 25.2. The van der Waals surface area contributed by atoms with Crippen molar-refractivity contribution in [2.24, 2.45) is 5.73 Å². The number of nitrogens with two attached hydrogens (primary N) is 1. The standard InChI is InChI=1S/C10H22N2O2S.ClH/c1-3-8-15(13,14)12(2)10-6-4-9(11)5-7-10;/h9-10H,3-8,11H2,1-2H3;1H. The van der Waals surface area contributed by atoms with E-state index in [1.54, 1.807) is 11.4 Å². The molecule has 0 radical (unpaired) electrons. The summed E-state index contributed by atoms with van der Waals surface area (Å²) in [5.41, 5.74) is 5.80. The molecule has 6 heteroatoms. The first-order valence-electron chi connectivity index (χ1n) is 5.68. The number of rotatable bonds is 4. The number of hydrogen-bond acceptors (Lipinski definition) is 3. The van der Waals surface area contributed by atoms with Gasteiger partial charge in [-0.1, -0.05) is 6.92 Å². The van der Waals surface area contributed by atoms with Crippen molar-refractivity contribution >= 4 is 22.4 Å². The summed E-state index contributed by atoms with van der Waals surface area (Å²) in [6, 6.07) is 0.435. The van der Waals surface area contributed by atoms with Crippen LogP contribution < -0.4 is 5.73 Å². The van der Waals surface area contributed by atoms with E-state index in [4.69, 9.17) is 5.73 Å². The van der Waals surface area contributed by atoms with E-state index in [0.717, 1.165) is 25.7 Å². The smallest absolute Gasteiger partial charge is 0.214 e. The van der Waals surface area contributed by atoms with E-state index in [1.807, 2.05) is 6.92 Å². The van der Waals surface area contributed by atoms with Gasteiger partial charge in [-0.25, -0.2) is 12.7 Å². The zero-order valence-corrected chi connectivity index (χ0v) is 11.7. The second-order valence-corrected chi connectivity index (χ2v) is 6.55. The second-order valence-electron chi connectivity index (χ2n) is 4.40. The van der Waals surface area contributed by atoms with Gasteiger partial charge in [0, 0.05) is 19.1 Å². The number of nitrogens with zero attached hydrogens (tertiary/aromatic N) is 1. The molecule has 0 atom stereocenters. The largest absolute Gasteiger partial charge is 0.328 e. The molecule has 1 fully saturated rings. The maximum absolute atomic E-state index is 11.8. The molecule has 0 aliphatic heterocycles. The first-order chi connectivity index (χ1) is 6.97. The molecule has 0 aromatic heterocycles. The van der Waals surface area contributed by atoms with Gasteiger partial charge in [0.25, 0.3) is 0 Å². The van der Waals surface area contributed by atoms with Gasteiger partial charge in [0.1, 0.15) is 0 Å². The van der Waals surface area contributed by atoms with Crippen LogP contribution in [0, 0.1) is 0 Å². The van der Waals surface area contributed by atoms with Crippen molar-refractivity contribution in [2.45, 2.75) is 51.1 Å². The van der Waals surface area contributed by atoms with Crippen LogP contribution in [0.1, 0.15) is 39.0 Å². The Morgan fingerprint density at radius 2 is 1.75 bits per heavy atom. The molecular weight excluding hydrogens is 248 g/mol. The molecule has 0 aromatic rings. The van der Waals surface area contributed by atoms with E-state index in [-0.39, 0.29) is 30.2 Å². The third-order valence-corrected chi connectivity index (χ3v) is 5.26. The fraction of sp³-hybridized carbons (Fsp3) is 1.00. The first-order valence-corrected chi connectivity index (χ1v) is 7.29. The molecule has 1 rings (SSSR count). The fourth-order valence-electron chi connectivity index (χ4n) is 2.09. The van der Waals surface area contributed by atoms with E-state index in [9.17, 15) is 8.42 Å². The van der Waals surface area contributed by atoms with Crippen LogP contribution in [-0.2, 0) is 10.0 Å². The van der Waals surface area contributed by atoms with Gasteiger partial charge < -0.3 is 5.73 Å². The lowest BCUT2D eigenvalue weighted by Crippen LogP contribution is -2.42. The molecule has 0 spiro atoms. The Bertz CT molecular complexity index is 287. The number of sulfonamides is 1. The van der Waals surface area contributed by atoms with Crippen LogP contribution in [0.3, 0.4) is 0 Å². The number of halogens is 1. The van der Waals surface area contributed by atoms with Crippen LogP contribution >= 0.6 is 12.4 Å². The van der Waals surface area contributed by atoms with E-state index in [1.165, 1.54) is 0 Å². The summed E-state index contributed by atoms with van der Waals surface area (Å²) >= 11 is 0. The predicted octanol–water partition coefficient (Wildman–Crippen LogP) is 1.35. The summed E-state index contributed by atoms with van der Waals surface area (Å²) in [6.07, 6.45) is 4.37. The highest BCUT2D eigenvalue weighted by Crippen LogP contribution is 2.23. The van der Waals surface area contributed by atoms with Crippen LogP contribution in [0.25, 0.3) is 0 Å². The zero-order valence-electron chi connectivity index (χ0n) is 10.1. The fourth-order valence-corrected chi connectivity index (χ4v) is 3.56. The van der Waals surface area contributed by atoms with E-state index in [2.05, 4.69) is 0 Å². The molecule has 1 aliphatic rings. The van der Waals surface area contributed by atoms with Gasteiger partial charge in [-0.3, -0.25) is 0 Å². The molecule has 0 amide bonds. The molecule has 0 saturated heterocycles. The van der Waals surface area contributed by atoms with Gasteiger partial charge in [-0.2, -0.15) is 0 Å². The predicted molar refractivity (Wildman–Crippen MR) is 69.3 cm³/mol. The average Bonchev–Trinajstić information content (AvgIpc) is 2.18. The summed E-state index contributed by atoms with van der Waals surface area (Å²) in [6.45, 7) is 1.89. The van der Waals surface area contributed by atoms with Gasteiger partial charge in [-0.05, 0) is 32.1 Å². The van der Waals surface area contributed by atoms with Crippen molar-refractivity contribution in [2.75, 3.05) is 12.8 Å². The molecule has 2 N–H and O–H groups in total. The normalized spacial score (nSPS) is 26.5. The Morgan fingerprint density at radius 3 is 2.19 bits per heavy atom. The monoisotopic (exact) mass is 270 g/mol. The topological polar surface area (TPSA) is 63.4 Å². The van der Waals surface area contributed by atoms with E-state index >= 15 is 0 Å². The van der Waals surface area contributed by atoms with Crippen molar-refractivity contribution in [1.82, 2.24) is 4.31 Å². The minimum atomic E-state index is -3.03. The summed E-state index contributed by atoms with van der Waals surface area (Å²) in [5, 5.41) is 0. The van der Waals surface area contributed by atoms with Crippen molar-refractivity contribution in [1.29, 1.82) is 0 Å². The maximum Gasteiger partial charge on any atom is 0.214 e. The third kappa shape index (κ3) is 4.20. The minimum Gasteiger partial charge on any atom is -0.328 e. The van der Waals surface area contributed by atoms with Gasteiger partial charge >= 0.3 is 0 Å². The molecule has 1 saturated carbocycles. The number of hydrogen-bond donors (Lipinski definition) is 1.